The molecule has 3 unspecified atom stereocenters. The SMILES string of the molecule is Cc1ccc(C2OC3(C(=O)c4ccccc4C3=O)C3C(=O)N(c4ccc(Oc5ccc(Cl)cc5)cc4)C(=O)C23)cc1. The fourth-order valence-electron chi connectivity index (χ4n) is 6.13. The quantitative estimate of drug-likeness (QED) is 0.219. The van der Waals surface area contributed by atoms with Crippen LogP contribution in [0.15, 0.2) is 97.1 Å². The molecule has 41 heavy (non-hydrogen) atoms. The van der Waals surface area contributed by atoms with Gasteiger partial charge in [-0.3, -0.25) is 19.2 Å². The minimum absolute atomic E-state index is 0.197. The lowest BCUT2D eigenvalue weighted by atomic mass is 9.77. The van der Waals surface area contributed by atoms with Crippen LogP contribution < -0.4 is 9.64 Å². The van der Waals surface area contributed by atoms with E-state index in [2.05, 4.69) is 0 Å². The van der Waals surface area contributed by atoms with E-state index in [1.807, 2.05) is 19.1 Å². The lowest BCUT2D eigenvalue weighted by Crippen LogP contribution is -2.51. The highest BCUT2D eigenvalue weighted by molar-refractivity contribution is 6.37. The summed E-state index contributed by atoms with van der Waals surface area (Å²) in [6.07, 6.45) is -0.961. The Labute approximate surface area is 240 Å². The summed E-state index contributed by atoms with van der Waals surface area (Å²) in [5.41, 5.74) is 0.212. The lowest BCUT2D eigenvalue weighted by Gasteiger charge is -2.27. The molecule has 0 radical (unpaired) electrons. The second-order valence-electron chi connectivity index (χ2n) is 10.5. The summed E-state index contributed by atoms with van der Waals surface area (Å²) < 4.78 is 12.2. The van der Waals surface area contributed by atoms with Crippen molar-refractivity contribution in [2.75, 3.05) is 4.90 Å². The third kappa shape index (κ3) is 3.70. The molecule has 2 heterocycles. The van der Waals surface area contributed by atoms with E-state index in [-0.39, 0.29) is 11.1 Å². The first-order chi connectivity index (χ1) is 19.8. The van der Waals surface area contributed by atoms with Crippen molar-refractivity contribution in [1.82, 2.24) is 0 Å². The number of anilines is 1. The van der Waals surface area contributed by atoms with Crippen molar-refractivity contribution >= 4 is 40.7 Å². The zero-order valence-corrected chi connectivity index (χ0v) is 22.5. The van der Waals surface area contributed by atoms with Gasteiger partial charge in [-0.25, -0.2) is 4.90 Å². The smallest absolute Gasteiger partial charge is 0.241 e. The maximum Gasteiger partial charge on any atom is 0.241 e. The molecule has 3 atom stereocenters. The number of carbonyl (C=O) groups excluding carboxylic acids is 4. The molecule has 4 aromatic carbocycles. The number of ether oxygens (including phenoxy) is 2. The van der Waals surface area contributed by atoms with Crippen LogP contribution in [-0.4, -0.2) is 29.0 Å². The zero-order valence-electron chi connectivity index (χ0n) is 21.7. The molecule has 2 saturated heterocycles. The van der Waals surface area contributed by atoms with Gasteiger partial charge in [-0.2, -0.15) is 0 Å². The third-order valence-electron chi connectivity index (χ3n) is 8.07. The number of ketones is 2. The number of halogens is 1. The Kier molecular flexibility index (Phi) is 5.71. The van der Waals surface area contributed by atoms with Gasteiger partial charge in [-0.1, -0.05) is 65.7 Å². The maximum atomic E-state index is 14.1. The Hall–Kier alpha value is -4.59. The first-order valence-corrected chi connectivity index (χ1v) is 13.5. The van der Waals surface area contributed by atoms with Gasteiger partial charge >= 0.3 is 0 Å². The summed E-state index contributed by atoms with van der Waals surface area (Å²) in [4.78, 5) is 57.0. The summed E-state index contributed by atoms with van der Waals surface area (Å²) in [5, 5.41) is 0.581. The van der Waals surface area contributed by atoms with Crippen LogP contribution in [0.25, 0.3) is 0 Å². The highest BCUT2D eigenvalue weighted by Crippen LogP contribution is 2.57. The van der Waals surface area contributed by atoms with Gasteiger partial charge in [0.15, 0.2) is 0 Å². The van der Waals surface area contributed by atoms with Crippen LogP contribution in [0, 0.1) is 18.8 Å². The molecular formula is C33H22ClNO6. The van der Waals surface area contributed by atoms with E-state index in [1.54, 1.807) is 84.9 Å². The van der Waals surface area contributed by atoms with E-state index in [0.29, 0.717) is 27.8 Å². The first-order valence-electron chi connectivity index (χ1n) is 13.1. The average molecular weight is 564 g/mol. The number of imide groups is 1. The molecule has 2 fully saturated rings. The van der Waals surface area contributed by atoms with Crippen LogP contribution in [0.4, 0.5) is 5.69 Å². The van der Waals surface area contributed by atoms with E-state index >= 15 is 0 Å². The van der Waals surface area contributed by atoms with Gasteiger partial charge in [0.25, 0.3) is 0 Å². The molecule has 0 saturated carbocycles. The molecule has 1 spiro atoms. The van der Waals surface area contributed by atoms with Gasteiger partial charge in [-0.15, -0.1) is 0 Å². The molecular weight excluding hydrogens is 542 g/mol. The van der Waals surface area contributed by atoms with Gasteiger partial charge in [0.2, 0.25) is 29.0 Å². The molecule has 3 aliphatic rings. The van der Waals surface area contributed by atoms with Crippen molar-refractivity contribution in [3.05, 3.63) is 124 Å². The average Bonchev–Trinajstić information content (AvgIpc) is 3.55. The Balaban J connectivity index is 1.28. The summed E-state index contributed by atoms with van der Waals surface area (Å²) in [5.74, 6) is -3.64. The van der Waals surface area contributed by atoms with Crippen molar-refractivity contribution in [2.45, 2.75) is 18.6 Å². The fourth-order valence-corrected chi connectivity index (χ4v) is 6.26. The molecule has 0 bridgehead atoms. The van der Waals surface area contributed by atoms with E-state index in [9.17, 15) is 19.2 Å². The van der Waals surface area contributed by atoms with Crippen molar-refractivity contribution in [3.63, 3.8) is 0 Å². The zero-order chi connectivity index (χ0) is 28.5. The molecule has 7 rings (SSSR count). The van der Waals surface area contributed by atoms with Crippen LogP contribution in [0.1, 0.15) is 37.9 Å². The predicted octanol–water partition coefficient (Wildman–Crippen LogP) is 6.14. The van der Waals surface area contributed by atoms with E-state index < -0.39 is 46.9 Å². The summed E-state index contributed by atoms with van der Waals surface area (Å²) in [7, 11) is 0. The summed E-state index contributed by atoms with van der Waals surface area (Å²) in [6, 6.07) is 27.1. The number of Topliss-reactive ketones (excluding diaryl/α,β-unsaturated/α-hetero) is 2. The van der Waals surface area contributed by atoms with Crippen LogP contribution >= 0.6 is 11.6 Å². The van der Waals surface area contributed by atoms with Gasteiger partial charge in [0.1, 0.15) is 11.5 Å². The normalized spacial score (nSPS) is 22.4. The molecule has 1 aliphatic carbocycles. The van der Waals surface area contributed by atoms with Gasteiger partial charge in [0, 0.05) is 16.1 Å². The van der Waals surface area contributed by atoms with Crippen molar-refractivity contribution in [3.8, 4) is 11.5 Å². The minimum atomic E-state index is -2.11. The molecule has 202 valence electrons. The number of benzene rings is 4. The minimum Gasteiger partial charge on any atom is -0.457 e. The molecule has 2 aliphatic heterocycles. The molecule has 2 amide bonds. The largest absolute Gasteiger partial charge is 0.457 e. The standard InChI is InChI=1S/C33H22ClNO6/c1-18-6-8-19(9-7-18)28-26-27(33(41-28)29(36)24-4-2-3-5-25(24)30(33)37)32(39)35(31(26)38)21-12-16-23(17-13-21)40-22-14-10-20(34)11-15-22/h2-17,26-28H,1H3. The van der Waals surface area contributed by atoms with Crippen LogP contribution in [0.2, 0.25) is 5.02 Å². The van der Waals surface area contributed by atoms with Crippen molar-refractivity contribution < 1.29 is 28.7 Å². The Morgan fingerprint density at radius 2 is 1.29 bits per heavy atom. The van der Waals surface area contributed by atoms with E-state index in [1.165, 1.54) is 0 Å². The Morgan fingerprint density at radius 1 is 0.732 bits per heavy atom. The fraction of sp³-hybridized carbons (Fsp3) is 0.152. The number of hydrogen-bond acceptors (Lipinski definition) is 6. The number of aryl methyl sites for hydroxylation is 1. The number of nitrogens with zero attached hydrogens (tertiary/aromatic N) is 1. The highest BCUT2D eigenvalue weighted by Gasteiger charge is 2.74. The van der Waals surface area contributed by atoms with Gasteiger partial charge < -0.3 is 9.47 Å². The predicted molar refractivity (Wildman–Crippen MR) is 150 cm³/mol. The van der Waals surface area contributed by atoms with Crippen LogP contribution in [0.3, 0.4) is 0 Å². The number of fused-ring (bicyclic) bond motifs is 3. The number of rotatable bonds is 4. The molecule has 8 heteroatoms. The van der Waals surface area contributed by atoms with E-state index in [0.717, 1.165) is 10.5 Å². The Bertz CT molecular complexity index is 1710. The monoisotopic (exact) mass is 563 g/mol. The third-order valence-corrected chi connectivity index (χ3v) is 8.32. The molecule has 4 aromatic rings. The van der Waals surface area contributed by atoms with Gasteiger partial charge in [-0.05, 0) is 61.0 Å². The lowest BCUT2D eigenvalue weighted by molar-refractivity contribution is -0.127. The topological polar surface area (TPSA) is 90.0 Å². The van der Waals surface area contributed by atoms with Crippen molar-refractivity contribution in [2.24, 2.45) is 11.8 Å². The second kappa shape index (κ2) is 9.23. The van der Waals surface area contributed by atoms with Crippen LogP contribution in [-0.2, 0) is 14.3 Å². The number of hydrogen-bond donors (Lipinski definition) is 0. The Morgan fingerprint density at radius 3 is 1.88 bits per heavy atom. The summed E-state index contributed by atoms with van der Waals surface area (Å²) >= 11 is 5.95. The van der Waals surface area contributed by atoms with Crippen molar-refractivity contribution in [1.29, 1.82) is 0 Å². The van der Waals surface area contributed by atoms with Crippen LogP contribution in [0.5, 0.6) is 11.5 Å². The summed E-state index contributed by atoms with van der Waals surface area (Å²) in [6.45, 7) is 1.93. The first kappa shape index (κ1) is 25.4. The second-order valence-corrected chi connectivity index (χ2v) is 10.9. The number of carbonyl (C=O) groups is 4. The maximum absolute atomic E-state index is 14.1. The molecule has 0 aromatic heterocycles. The highest BCUT2D eigenvalue weighted by atomic mass is 35.5. The van der Waals surface area contributed by atoms with E-state index in [4.69, 9.17) is 21.1 Å². The van der Waals surface area contributed by atoms with Gasteiger partial charge in [0.05, 0.1) is 23.6 Å². The molecule has 0 N–H and O–H groups in total. The number of amides is 2. The molecule has 7 nitrogen and oxygen atoms in total.